The number of hydrogen-bond donors (Lipinski definition) is 2. The van der Waals surface area contributed by atoms with Crippen LogP contribution in [-0.2, 0) is 16.4 Å². The number of aromatic nitrogens is 4. The van der Waals surface area contributed by atoms with E-state index < -0.39 is 27.7 Å². The molecule has 14 heteroatoms. The number of aromatic amines is 1. The van der Waals surface area contributed by atoms with Crippen molar-refractivity contribution in [2.75, 3.05) is 11.3 Å². The van der Waals surface area contributed by atoms with Gasteiger partial charge in [-0.2, -0.15) is 0 Å². The fourth-order valence-electron chi connectivity index (χ4n) is 3.82. The Hall–Kier alpha value is -4.07. The number of hydrogen-bond acceptors (Lipinski definition) is 7. The summed E-state index contributed by atoms with van der Waals surface area (Å²) in [5.41, 5.74) is 0.597. The second-order valence-corrected chi connectivity index (χ2v) is 9.88. The first-order valence-corrected chi connectivity index (χ1v) is 13.0. The lowest BCUT2D eigenvalue weighted by atomic mass is 10.2. The van der Waals surface area contributed by atoms with E-state index >= 15 is 0 Å². The van der Waals surface area contributed by atoms with Crippen LogP contribution in [-0.4, -0.2) is 41.0 Å². The van der Waals surface area contributed by atoms with Crippen molar-refractivity contribution in [3.63, 3.8) is 0 Å². The number of anilines is 1. The fraction of sp³-hybridized carbons (Fsp3) is 0.292. The normalized spacial score (nSPS) is 12.1. The summed E-state index contributed by atoms with van der Waals surface area (Å²) in [5, 5.41) is 4.53. The maximum absolute atomic E-state index is 13.1. The van der Waals surface area contributed by atoms with E-state index in [1.165, 1.54) is 22.7 Å². The van der Waals surface area contributed by atoms with Crippen LogP contribution in [0.15, 0.2) is 52.2 Å². The van der Waals surface area contributed by atoms with Gasteiger partial charge in [-0.15, -0.1) is 18.3 Å². The minimum absolute atomic E-state index is 0.0148. The Balaban J connectivity index is 1.74. The van der Waals surface area contributed by atoms with Crippen molar-refractivity contribution in [2.24, 2.45) is 0 Å². The molecule has 0 bridgehead atoms. The van der Waals surface area contributed by atoms with Crippen molar-refractivity contribution < 1.29 is 31.1 Å². The van der Waals surface area contributed by atoms with Gasteiger partial charge in [0.05, 0.1) is 22.8 Å². The van der Waals surface area contributed by atoms with Crippen LogP contribution in [0.4, 0.5) is 18.9 Å². The third kappa shape index (κ3) is 5.74. The maximum atomic E-state index is 13.1. The van der Waals surface area contributed by atoms with Crippen LogP contribution in [0.5, 0.6) is 11.5 Å². The van der Waals surface area contributed by atoms with E-state index in [2.05, 4.69) is 24.5 Å². The van der Waals surface area contributed by atoms with Crippen LogP contribution < -0.4 is 19.8 Å². The van der Waals surface area contributed by atoms with Crippen molar-refractivity contribution >= 4 is 21.2 Å². The quantitative estimate of drug-likeness (QED) is 0.315. The van der Waals surface area contributed by atoms with Gasteiger partial charge in [0.2, 0.25) is 0 Å². The summed E-state index contributed by atoms with van der Waals surface area (Å²) >= 11 is 0. The summed E-state index contributed by atoms with van der Waals surface area (Å²) in [4.78, 5) is 19.8. The second-order valence-electron chi connectivity index (χ2n) is 8.20. The zero-order valence-electron chi connectivity index (χ0n) is 20.6. The standard InChI is InChI=1S/C24H24F3N5O5S/c1-4-6-20-28-14(3)21-23(33)29-22(30-32(20)21)18-13-17(11-12-19(18)36-5-2)38(34,35)31-15-7-9-16(10-8-15)37-24(25,26)27/h7-13,31H,4-6H2,1-3H3,(H,29,30,33). The van der Waals surface area contributed by atoms with Gasteiger partial charge in [0.15, 0.2) is 11.3 Å². The van der Waals surface area contributed by atoms with Gasteiger partial charge in [0.25, 0.3) is 15.6 Å². The van der Waals surface area contributed by atoms with Gasteiger partial charge in [-0.1, -0.05) is 6.92 Å². The number of benzene rings is 2. The number of rotatable bonds is 9. The predicted molar refractivity (Wildman–Crippen MR) is 133 cm³/mol. The Morgan fingerprint density at radius 2 is 1.82 bits per heavy atom. The number of aryl methyl sites for hydroxylation is 2. The highest BCUT2D eigenvalue weighted by Gasteiger charge is 2.31. The van der Waals surface area contributed by atoms with Crippen LogP contribution >= 0.6 is 0 Å². The molecule has 0 amide bonds. The van der Waals surface area contributed by atoms with Crippen molar-refractivity contribution in [1.29, 1.82) is 0 Å². The summed E-state index contributed by atoms with van der Waals surface area (Å²) in [6.07, 6.45) is -3.52. The first kappa shape index (κ1) is 27.0. The molecule has 0 atom stereocenters. The third-order valence-corrected chi connectivity index (χ3v) is 6.75. The molecule has 202 valence electrons. The predicted octanol–water partition coefficient (Wildman–Crippen LogP) is 4.44. The van der Waals surface area contributed by atoms with Gasteiger partial charge in [0.1, 0.15) is 17.3 Å². The van der Waals surface area contributed by atoms with Gasteiger partial charge < -0.3 is 14.5 Å². The number of ether oxygens (including phenoxy) is 2. The molecule has 0 aliphatic heterocycles. The van der Waals surface area contributed by atoms with E-state index in [1.54, 1.807) is 13.8 Å². The first-order valence-electron chi connectivity index (χ1n) is 11.6. The second kappa shape index (κ2) is 10.4. The molecule has 0 aliphatic rings. The molecule has 2 aromatic carbocycles. The number of sulfonamides is 1. The number of alkyl halides is 3. The molecule has 4 rings (SSSR count). The SMILES string of the molecule is CCCc1nc(C)c2c(=O)[nH]c(-c3cc(S(=O)(=O)Nc4ccc(OC(F)(F)F)cc4)ccc3OCC)nn12. The number of nitrogens with one attached hydrogen (secondary N) is 2. The molecular weight excluding hydrogens is 527 g/mol. The topological polar surface area (TPSA) is 128 Å². The molecule has 4 aromatic rings. The summed E-state index contributed by atoms with van der Waals surface area (Å²) in [6, 6.07) is 8.28. The maximum Gasteiger partial charge on any atom is 0.573 e. The highest BCUT2D eigenvalue weighted by Crippen LogP contribution is 2.31. The van der Waals surface area contributed by atoms with Crippen LogP contribution in [0.25, 0.3) is 16.9 Å². The molecule has 0 spiro atoms. The van der Waals surface area contributed by atoms with Crippen molar-refractivity contribution in [3.8, 4) is 22.9 Å². The molecule has 0 radical (unpaired) electrons. The average Bonchev–Trinajstić information content (AvgIpc) is 3.15. The van der Waals surface area contributed by atoms with E-state index in [9.17, 15) is 26.4 Å². The number of halogens is 3. The van der Waals surface area contributed by atoms with Crippen molar-refractivity contribution in [2.45, 2.75) is 44.9 Å². The lowest BCUT2D eigenvalue weighted by molar-refractivity contribution is -0.274. The molecule has 0 saturated heterocycles. The smallest absolute Gasteiger partial charge is 0.493 e. The Bertz CT molecular complexity index is 1630. The van der Waals surface area contributed by atoms with E-state index in [4.69, 9.17) is 4.74 Å². The van der Waals surface area contributed by atoms with Crippen LogP contribution in [0.2, 0.25) is 0 Å². The average molecular weight is 552 g/mol. The monoisotopic (exact) mass is 551 g/mol. The number of nitrogens with zero attached hydrogens (tertiary/aromatic N) is 3. The van der Waals surface area contributed by atoms with Crippen LogP contribution in [0, 0.1) is 6.92 Å². The zero-order chi connectivity index (χ0) is 27.7. The van der Waals surface area contributed by atoms with Crippen molar-refractivity contribution in [3.05, 3.63) is 64.3 Å². The van der Waals surface area contributed by atoms with E-state index in [-0.39, 0.29) is 34.3 Å². The Morgan fingerprint density at radius 1 is 1.11 bits per heavy atom. The number of imidazole rings is 1. The Kier molecular flexibility index (Phi) is 7.35. The molecule has 0 saturated carbocycles. The van der Waals surface area contributed by atoms with Crippen LogP contribution in [0.1, 0.15) is 31.8 Å². The van der Waals surface area contributed by atoms with Crippen molar-refractivity contribution in [1.82, 2.24) is 19.6 Å². The lowest BCUT2D eigenvalue weighted by Crippen LogP contribution is -2.17. The highest BCUT2D eigenvalue weighted by molar-refractivity contribution is 7.92. The number of fused-ring (bicyclic) bond motifs is 1. The van der Waals surface area contributed by atoms with Gasteiger partial charge in [0, 0.05) is 12.1 Å². The van der Waals surface area contributed by atoms with Gasteiger partial charge in [-0.3, -0.25) is 9.52 Å². The summed E-state index contributed by atoms with van der Waals surface area (Å²) in [7, 11) is -4.20. The minimum Gasteiger partial charge on any atom is -0.493 e. The van der Waals surface area contributed by atoms with E-state index in [0.29, 0.717) is 23.5 Å². The Labute approximate surface area is 215 Å². The molecule has 2 heterocycles. The largest absolute Gasteiger partial charge is 0.573 e. The molecule has 0 aliphatic carbocycles. The fourth-order valence-corrected chi connectivity index (χ4v) is 4.91. The first-order chi connectivity index (χ1) is 17.9. The summed E-state index contributed by atoms with van der Waals surface area (Å²) < 4.78 is 76.7. The van der Waals surface area contributed by atoms with Gasteiger partial charge in [-0.25, -0.2) is 17.9 Å². The molecule has 2 N–H and O–H groups in total. The highest BCUT2D eigenvalue weighted by atomic mass is 32.2. The third-order valence-electron chi connectivity index (χ3n) is 5.37. The van der Waals surface area contributed by atoms with Gasteiger partial charge >= 0.3 is 6.36 Å². The molecular formula is C24H24F3N5O5S. The number of H-pyrrole nitrogens is 1. The molecule has 0 fully saturated rings. The van der Waals surface area contributed by atoms with E-state index in [0.717, 1.165) is 30.7 Å². The van der Waals surface area contributed by atoms with Gasteiger partial charge in [-0.05, 0) is 62.7 Å². The minimum atomic E-state index is -4.87. The molecule has 38 heavy (non-hydrogen) atoms. The summed E-state index contributed by atoms with van der Waals surface area (Å²) in [6.45, 7) is 5.69. The summed E-state index contributed by atoms with van der Waals surface area (Å²) in [5.74, 6) is 0.461. The van der Waals surface area contributed by atoms with Crippen LogP contribution in [0.3, 0.4) is 0 Å². The zero-order valence-corrected chi connectivity index (χ0v) is 21.4. The molecule has 10 nitrogen and oxygen atoms in total. The lowest BCUT2D eigenvalue weighted by Gasteiger charge is -2.14. The molecule has 2 aromatic heterocycles. The Morgan fingerprint density at radius 3 is 2.45 bits per heavy atom. The molecule has 0 unspecified atom stereocenters. The van der Waals surface area contributed by atoms with E-state index in [1.807, 2.05) is 6.92 Å².